The molecule has 1 saturated heterocycles. The van der Waals surface area contributed by atoms with E-state index in [0.29, 0.717) is 12.8 Å². The van der Waals surface area contributed by atoms with Gasteiger partial charge in [-0.15, -0.1) is 11.6 Å². The van der Waals surface area contributed by atoms with Gasteiger partial charge in [-0.3, -0.25) is 24.0 Å². The fourth-order valence-corrected chi connectivity index (χ4v) is 13.3. The molecule has 0 radical (unpaired) electrons. The molecule has 0 N–H and O–H groups in total. The molecule has 55 heavy (non-hydrogen) atoms. The Labute approximate surface area is 331 Å². The zero-order valence-electron chi connectivity index (χ0n) is 34.7. The zero-order chi connectivity index (χ0) is 40.7. The number of hydrogen-bond donors (Lipinski definition) is 0. The van der Waals surface area contributed by atoms with Crippen molar-refractivity contribution in [2.75, 3.05) is 13.7 Å². The third kappa shape index (κ3) is 6.77. The van der Waals surface area contributed by atoms with Crippen molar-refractivity contribution < 1.29 is 52.4 Å². The van der Waals surface area contributed by atoms with Crippen LogP contribution in [0.5, 0.6) is 0 Å². The van der Waals surface area contributed by atoms with Crippen molar-refractivity contribution in [1.82, 2.24) is 0 Å². The highest BCUT2D eigenvalue weighted by molar-refractivity contribution is 6.21. The van der Waals surface area contributed by atoms with Crippen LogP contribution in [0.25, 0.3) is 0 Å². The summed E-state index contributed by atoms with van der Waals surface area (Å²) in [6.07, 6.45) is 5.03. The van der Waals surface area contributed by atoms with Crippen molar-refractivity contribution in [3.63, 3.8) is 0 Å². The van der Waals surface area contributed by atoms with E-state index in [4.69, 9.17) is 40.0 Å². The molecule has 0 spiro atoms. The predicted molar refractivity (Wildman–Crippen MR) is 202 cm³/mol. The first-order chi connectivity index (χ1) is 25.5. The molecule has 1 heterocycles. The number of ether oxygens (including phenoxy) is 6. The third-order valence-corrected chi connectivity index (χ3v) is 16.6. The van der Waals surface area contributed by atoms with Gasteiger partial charge in [0.25, 0.3) is 0 Å². The number of halogens is 1. The fourth-order valence-electron chi connectivity index (χ4n) is 13.0. The summed E-state index contributed by atoms with van der Waals surface area (Å²) in [4.78, 5) is 64.1. The Morgan fingerprint density at radius 3 is 2.09 bits per heavy atom. The molecule has 0 aromatic heterocycles. The van der Waals surface area contributed by atoms with Gasteiger partial charge >= 0.3 is 23.9 Å². The van der Waals surface area contributed by atoms with Crippen molar-refractivity contribution in [3.8, 4) is 0 Å². The average Bonchev–Trinajstić information content (AvgIpc) is 3.08. The van der Waals surface area contributed by atoms with E-state index in [1.807, 2.05) is 13.0 Å². The molecule has 0 bridgehead atoms. The lowest BCUT2D eigenvalue weighted by atomic mass is 9.33. The summed E-state index contributed by atoms with van der Waals surface area (Å²) in [6.45, 7) is 19.4. The van der Waals surface area contributed by atoms with Gasteiger partial charge in [-0.1, -0.05) is 47.1 Å². The van der Waals surface area contributed by atoms with E-state index >= 15 is 0 Å². The summed E-state index contributed by atoms with van der Waals surface area (Å²) < 4.78 is 34.8. The highest BCUT2D eigenvalue weighted by Crippen LogP contribution is 2.75. The van der Waals surface area contributed by atoms with Crippen molar-refractivity contribution in [1.29, 1.82) is 0 Å². The van der Waals surface area contributed by atoms with Gasteiger partial charge in [-0.25, -0.2) is 0 Å². The number of rotatable bonds is 7. The monoisotopic (exact) mass is 790 g/mol. The molecule has 0 amide bonds. The maximum atomic E-state index is 14.9. The van der Waals surface area contributed by atoms with Gasteiger partial charge in [0.15, 0.2) is 24.3 Å². The normalized spacial score (nSPS) is 46.0. The molecule has 0 unspecified atom stereocenters. The molecule has 308 valence electrons. The second-order valence-electron chi connectivity index (χ2n) is 19.7. The van der Waals surface area contributed by atoms with E-state index in [1.54, 1.807) is 0 Å². The lowest BCUT2D eigenvalue weighted by Crippen LogP contribution is -2.67. The molecule has 0 aromatic carbocycles. The molecular formula is C43H63ClO11. The number of methoxy groups -OCH3 is 1. The highest BCUT2D eigenvalue weighted by Gasteiger charge is 2.70. The van der Waals surface area contributed by atoms with Crippen molar-refractivity contribution in [3.05, 3.63) is 11.6 Å². The maximum absolute atomic E-state index is 14.9. The quantitative estimate of drug-likeness (QED) is 0.111. The molecule has 1 aliphatic heterocycles. The molecule has 12 heteroatoms. The average molecular weight is 791 g/mol. The smallest absolute Gasteiger partial charge is 0.311 e. The van der Waals surface area contributed by atoms with Crippen LogP contribution in [0.4, 0.5) is 0 Å². The number of fused-ring (bicyclic) bond motifs is 7. The first-order valence-corrected chi connectivity index (χ1v) is 20.7. The van der Waals surface area contributed by atoms with E-state index < -0.39 is 58.7 Å². The molecule has 11 nitrogen and oxygen atoms in total. The van der Waals surface area contributed by atoms with E-state index in [0.717, 1.165) is 44.9 Å². The molecule has 5 aliphatic carbocycles. The molecule has 4 saturated carbocycles. The molecule has 6 aliphatic rings. The zero-order valence-corrected chi connectivity index (χ0v) is 35.5. The van der Waals surface area contributed by atoms with E-state index in [1.165, 1.54) is 33.5 Å². The van der Waals surface area contributed by atoms with E-state index in [-0.39, 0.29) is 63.9 Å². The minimum atomic E-state index is -1.13. The van der Waals surface area contributed by atoms with Gasteiger partial charge in [0.1, 0.15) is 18.1 Å². The van der Waals surface area contributed by atoms with Crippen LogP contribution in [0.15, 0.2) is 11.6 Å². The molecule has 0 aromatic rings. The van der Waals surface area contributed by atoms with E-state index in [9.17, 15) is 24.0 Å². The number of allylic oxidation sites excluding steroid dienone is 2. The number of carbonyl (C=O) groups excluding carboxylic acids is 5. The van der Waals surface area contributed by atoms with Crippen LogP contribution in [0, 0.1) is 50.2 Å². The fraction of sp³-hybridized carbons (Fsp3) is 0.837. The SMILES string of the molecule is COC(=O)[C@@]1(C)CC[C@]2(C)CC[C@]3(C)C(=CC(=O)[C@@H]4[C@@]5(C)CC[C@H](O[C@H]6O[C@H](COC(C)=O)[C@@H](OC(C)=O)[C@H](OC(C)=O)[C@@H]6Cl)C(C)(C)[C@@H]5CC[C@]43C)[C@H]2C1. The number of hydrogen-bond acceptors (Lipinski definition) is 11. The first kappa shape index (κ1) is 42.1. The molecule has 14 atom stereocenters. The van der Waals surface area contributed by atoms with Crippen LogP contribution >= 0.6 is 11.6 Å². The Morgan fingerprint density at radius 1 is 0.836 bits per heavy atom. The van der Waals surface area contributed by atoms with Gasteiger partial charge < -0.3 is 28.4 Å². The van der Waals surface area contributed by atoms with Crippen LogP contribution in [0.2, 0.25) is 0 Å². The Hall–Kier alpha value is -2.50. The minimum Gasteiger partial charge on any atom is -0.469 e. The summed E-state index contributed by atoms with van der Waals surface area (Å²) in [7, 11) is 1.47. The molecule has 6 rings (SSSR count). The van der Waals surface area contributed by atoms with Crippen LogP contribution in [-0.4, -0.2) is 79.5 Å². The standard InChI is InChI=1S/C43H63ClO11/c1-23(45)51-22-29-33(52-24(2)46)34(53-25(3)47)32(44)36(54-29)55-31-13-14-41(8)30(38(31,4)5)12-15-43(10)35(41)28(48)20-26-27-21-40(7,37(49)50-11)17-16-39(27,6)18-19-42(26,43)9/h20,27,29-36H,12-19,21-22H2,1-11H3/t27-,29-,30+,31+,32+,33-,34-,35-,36-,39-,40+,41+,42-,43-/m1/s1. The van der Waals surface area contributed by atoms with Crippen LogP contribution in [-0.2, 0) is 52.4 Å². The molecular weight excluding hydrogens is 728 g/mol. The van der Waals surface area contributed by atoms with Gasteiger partial charge in [0.05, 0.1) is 18.6 Å². The number of alkyl halides is 1. The lowest BCUT2D eigenvalue weighted by molar-refractivity contribution is -0.297. The maximum Gasteiger partial charge on any atom is 0.311 e. The minimum absolute atomic E-state index is 0.0339. The largest absolute Gasteiger partial charge is 0.469 e. The van der Waals surface area contributed by atoms with Crippen LogP contribution in [0.1, 0.15) is 127 Å². The van der Waals surface area contributed by atoms with Gasteiger partial charge in [0, 0.05) is 26.7 Å². The Morgan fingerprint density at radius 2 is 1.47 bits per heavy atom. The Bertz CT molecular complexity index is 1620. The summed E-state index contributed by atoms with van der Waals surface area (Å²) in [5, 5.41) is -1.04. The molecule has 5 fully saturated rings. The summed E-state index contributed by atoms with van der Waals surface area (Å²) in [5.41, 5.74) is -0.507. The van der Waals surface area contributed by atoms with Crippen molar-refractivity contribution in [2.45, 2.75) is 163 Å². The topological polar surface area (TPSA) is 141 Å². The third-order valence-electron chi connectivity index (χ3n) is 16.1. The van der Waals surface area contributed by atoms with Gasteiger partial charge in [0.2, 0.25) is 0 Å². The van der Waals surface area contributed by atoms with E-state index in [2.05, 4.69) is 41.5 Å². The predicted octanol–water partition coefficient (Wildman–Crippen LogP) is 7.28. The second-order valence-corrected chi connectivity index (χ2v) is 20.2. The van der Waals surface area contributed by atoms with Gasteiger partial charge in [-0.05, 0) is 110 Å². The lowest BCUT2D eigenvalue weighted by Gasteiger charge is -2.70. The number of carbonyl (C=O) groups is 5. The summed E-state index contributed by atoms with van der Waals surface area (Å²) >= 11 is 6.98. The second kappa shape index (κ2) is 14.4. The number of ketones is 1. The van der Waals surface area contributed by atoms with Crippen LogP contribution < -0.4 is 0 Å². The summed E-state index contributed by atoms with van der Waals surface area (Å²) in [6, 6.07) is 0. The Kier molecular flexibility index (Phi) is 11.0. The van der Waals surface area contributed by atoms with Crippen molar-refractivity contribution >= 4 is 41.3 Å². The first-order valence-electron chi connectivity index (χ1n) is 20.2. The van der Waals surface area contributed by atoms with Gasteiger partial charge in [-0.2, -0.15) is 0 Å². The van der Waals surface area contributed by atoms with Crippen molar-refractivity contribution in [2.24, 2.45) is 50.2 Å². The highest BCUT2D eigenvalue weighted by atomic mass is 35.5. The Balaban J connectivity index is 1.29. The summed E-state index contributed by atoms with van der Waals surface area (Å²) in [5.74, 6) is -1.69. The number of esters is 4. The van der Waals surface area contributed by atoms with Crippen LogP contribution in [0.3, 0.4) is 0 Å².